The van der Waals surface area contributed by atoms with E-state index in [9.17, 15) is 39.5 Å². The number of allylic oxidation sites excluding steroid dienone is 6. The predicted octanol–water partition coefficient (Wildman–Crippen LogP) is 12.9. The summed E-state index contributed by atoms with van der Waals surface area (Å²) in [5.41, 5.74) is 1.20. The zero-order chi connectivity index (χ0) is 34.7. The molecule has 0 aliphatic rings. The SMILES string of the molecule is CC/C=C(C)/N=C(/C=C(\C)C(F)(F)F)C(F)(F)F.CCCC/C(=C(/C)C(C)c1cccc(F)c1F)c1cc(Cl)c(F)cc1CC. The first-order valence-corrected chi connectivity index (χ1v) is 14.9. The Labute approximate surface area is 264 Å². The molecule has 0 amide bonds. The maximum atomic E-state index is 14.3. The Morgan fingerprint density at radius 1 is 0.911 bits per heavy atom. The molecule has 250 valence electrons. The van der Waals surface area contributed by atoms with Crippen LogP contribution < -0.4 is 0 Å². The van der Waals surface area contributed by atoms with Crippen LogP contribution in [0.1, 0.15) is 96.8 Å². The van der Waals surface area contributed by atoms with Crippen LogP contribution in [0.4, 0.5) is 39.5 Å². The molecule has 2 aromatic rings. The Morgan fingerprint density at radius 2 is 1.53 bits per heavy atom. The normalized spacial score (nSPS) is 14.6. The number of benzene rings is 2. The highest BCUT2D eigenvalue weighted by Gasteiger charge is 2.38. The lowest BCUT2D eigenvalue weighted by atomic mass is 9.84. The monoisotopic (exact) mass is 667 g/mol. The maximum absolute atomic E-state index is 14.3. The number of halogens is 10. The lowest BCUT2D eigenvalue weighted by Crippen LogP contribution is -2.23. The number of nitrogens with zero attached hydrogens (tertiary/aromatic N) is 1. The van der Waals surface area contributed by atoms with Gasteiger partial charge in [0.05, 0.1) is 5.02 Å². The van der Waals surface area contributed by atoms with E-state index in [0.717, 1.165) is 47.6 Å². The molecule has 0 aromatic heterocycles. The number of hydrogen-bond donors (Lipinski definition) is 0. The Kier molecular flexibility index (Phi) is 15.7. The van der Waals surface area contributed by atoms with E-state index in [4.69, 9.17) is 11.6 Å². The summed E-state index contributed by atoms with van der Waals surface area (Å²) in [4.78, 5) is 3.17. The van der Waals surface area contributed by atoms with Gasteiger partial charge in [-0.15, -0.1) is 0 Å². The number of alkyl halides is 6. The van der Waals surface area contributed by atoms with Crippen molar-refractivity contribution in [1.29, 1.82) is 0 Å². The van der Waals surface area contributed by atoms with Crippen molar-refractivity contribution < 1.29 is 39.5 Å². The van der Waals surface area contributed by atoms with Crippen molar-refractivity contribution >= 4 is 22.9 Å². The largest absolute Gasteiger partial charge is 0.433 e. The summed E-state index contributed by atoms with van der Waals surface area (Å²) < 4.78 is 116. The van der Waals surface area contributed by atoms with Crippen molar-refractivity contribution in [2.75, 3.05) is 0 Å². The predicted molar refractivity (Wildman–Crippen MR) is 165 cm³/mol. The number of aliphatic imine (C=N–C) groups is 1. The van der Waals surface area contributed by atoms with Crippen LogP contribution >= 0.6 is 11.6 Å². The third-order valence-electron chi connectivity index (χ3n) is 7.09. The molecule has 1 unspecified atom stereocenters. The molecular formula is C34H39ClF9N. The number of hydrogen-bond acceptors (Lipinski definition) is 1. The Bertz CT molecular complexity index is 1410. The molecule has 0 aliphatic heterocycles. The second-order valence-electron chi connectivity index (χ2n) is 10.5. The van der Waals surface area contributed by atoms with Crippen molar-refractivity contribution in [3.8, 4) is 0 Å². The third-order valence-corrected chi connectivity index (χ3v) is 7.38. The second-order valence-corrected chi connectivity index (χ2v) is 10.9. The molecule has 11 heteroatoms. The van der Waals surface area contributed by atoms with E-state index in [2.05, 4.69) is 11.9 Å². The average Bonchev–Trinajstić information content (AvgIpc) is 2.94. The molecule has 0 saturated heterocycles. The Balaban J connectivity index is 0.000000492. The summed E-state index contributed by atoms with van der Waals surface area (Å²) in [6.07, 6.45) is -4.49. The number of aryl methyl sites for hydroxylation is 1. The summed E-state index contributed by atoms with van der Waals surface area (Å²) >= 11 is 6.06. The van der Waals surface area contributed by atoms with Gasteiger partial charge in [0, 0.05) is 17.2 Å². The Morgan fingerprint density at radius 3 is 2.04 bits per heavy atom. The van der Waals surface area contributed by atoms with Crippen LogP contribution in [-0.4, -0.2) is 18.1 Å². The number of rotatable bonds is 10. The van der Waals surface area contributed by atoms with Crippen LogP contribution in [0.5, 0.6) is 0 Å². The molecule has 45 heavy (non-hydrogen) atoms. The van der Waals surface area contributed by atoms with E-state index in [1.165, 1.54) is 25.1 Å². The lowest BCUT2D eigenvalue weighted by molar-refractivity contribution is -0.0915. The summed E-state index contributed by atoms with van der Waals surface area (Å²) in [5, 5.41) is 0.0774. The molecule has 2 rings (SSSR count). The minimum absolute atomic E-state index is 0.00694. The van der Waals surface area contributed by atoms with Gasteiger partial charge in [0.1, 0.15) is 11.5 Å². The summed E-state index contributed by atoms with van der Waals surface area (Å²) in [6.45, 7) is 11.4. The van der Waals surface area contributed by atoms with Gasteiger partial charge >= 0.3 is 12.4 Å². The van der Waals surface area contributed by atoms with Gasteiger partial charge in [-0.25, -0.2) is 18.2 Å². The van der Waals surface area contributed by atoms with E-state index in [1.54, 1.807) is 19.1 Å². The van der Waals surface area contributed by atoms with Gasteiger partial charge in [0.15, 0.2) is 11.6 Å². The van der Waals surface area contributed by atoms with Crippen LogP contribution in [0.25, 0.3) is 5.57 Å². The maximum Gasteiger partial charge on any atom is 0.433 e. The molecule has 0 radical (unpaired) electrons. The van der Waals surface area contributed by atoms with Gasteiger partial charge in [-0.1, -0.05) is 69.5 Å². The van der Waals surface area contributed by atoms with Gasteiger partial charge < -0.3 is 0 Å². The topological polar surface area (TPSA) is 12.4 Å². The standard InChI is InChI=1S/C23H26ClF3.C11H13F6N/c1-5-7-9-17(19-13-20(24)22(26)12-16(19)6-2)14(3)15(4)18-10-8-11-21(25)23(18)27;1-4-5-8(3)18-9(11(15,16)17)6-7(2)10(12,13)14/h8,10-13,15H,5-7,9H2,1-4H3;5-6H,4H2,1-3H3/b17-14+;7-6+,8-5+,18-9-. The first-order valence-electron chi connectivity index (χ1n) is 14.5. The molecular weight excluding hydrogens is 629 g/mol. The van der Waals surface area contributed by atoms with Crippen LogP contribution in [0.2, 0.25) is 5.02 Å². The quantitative estimate of drug-likeness (QED) is 0.177. The molecule has 0 bridgehead atoms. The van der Waals surface area contributed by atoms with Crippen molar-refractivity contribution in [1.82, 2.24) is 0 Å². The fraction of sp³-hybridized carbons (Fsp3) is 0.441. The number of unbranched alkanes of at least 4 members (excludes halogenated alkanes) is 1. The second kappa shape index (κ2) is 17.6. The van der Waals surface area contributed by atoms with Gasteiger partial charge in [-0.2, -0.15) is 26.3 Å². The van der Waals surface area contributed by atoms with E-state index < -0.39 is 41.1 Å². The van der Waals surface area contributed by atoms with Gasteiger partial charge in [0.2, 0.25) is 0 Å². The lowest BCUT2D eigenvalue weighted by Gasteiger charge is -2.22. The van der Waals surface area contributed by atoms with E-state index in [0.29, 0.717) is 25.3 Å². The zero-order valence-corrected chi connectivity index (χ0v) is 27.1. The van der Waals surface area contributed by atoms with E-state index >= 15 is 0 Å². The molecule has 0 spiro atoms. The first-order chi connectivity index (χ1) is 20.8. The van der Waals surface area contributed by atoms with Crippen molar-refractivity contribution in [3.63, 3.8) is 0 Å². The summed E-state index contributed by atoms with van der Waals surface area (Å²) in [6, 6.07) is 7.40. The fourth-order valence-corrected chi connectivity index (χ4v) is 4.57. The van der Waals surface area contributed by atoms with Crippen LogP contribution in [-0.2, 0) is 6.42 Å². The minimum Gasteiger partial charge on any atom is -0.249 e. The zero-order valence-electron chi connectivity index (χ0n) is 26.4. The fourth-order valence-electron chi connectivity index (χ4n) is 4.40. The van der Waals surface area contributed by atoms with E-state index in [-0.39, 0.29) is 22.7 Å². The third kappa shape index (κ3) is 12.0. The van der Waals surface area contributed by atoms with Crippen molar-refractivity contribution in [2.24, 2.45) is 4.99 Å². The average molecular weight is 668 g/mol. The highest BCUT2D eigenvalue weighted by molar-refractivity contribution is 6.31. The molecule has 1 atom stereocenters. The molecule has 0 N–H and O–H groups in total. The summed E-state index contributed by atoms with van der Waals surface area (Å²) in [5.74, 6) is -2.40. The summed E-state index contributed by atoms with van der Waals surface area (Å²) in [7, 11) is 0. The molecule has 2 aromatic carbocycles. The smallest absolute Gasteiger partial charge is 0.249 e. The van der Waals surface area contributed by atoms with Crippen LogP contribution in [0.15, 0.2) is 64.3 Å². The minimum atomic E-state index is -4.92. The van der Waals surface area contributed by atoms with Crippen LogP contribution in [0.3, 0.4) is 0 Å². The molecule has 0 saturated carbocycles. The Hall–Kier alpha value is -3.01. The molecule has 0 aliphatic carbocycles. The molecule has 0 fully saturated rings. The highest BCUT2D eigenvalue weighted by atomic mass is 35.5. The molecule has 1 nitrogen and oxygen atoms in total. The van der Waals surface area contributed by atoms with E-state index in [1.807, 2.05) is 20.8 Å². The van der Waals surface area contributed by atoms with Crippen molar-refractivity contribution in [2.45, 2.75) is 98.8 Å². The van der Waals surface area contributed by atoms with Gasteiger partial charge in [-0.3, -0.25) is 0 Å². The first kappa shape index (κ1) is 40.0. The molecule has 0 heterocycles. The van der Waals surface area contributed by atoms with Gasteiger partial charge in [-0.05, 0) is 93.0 Å². The van der Waals surface area contributed by atoms with Crippen LogP contribution in [0, 0.1) is 17.5 Å². The highest BCUT2D eigenvalue weighted by Crippen LogP contribution is 2.37. The van der Waals surface area contributed by atoms with Gasteiger partial charge in [0.25, 0.3) is 0 Å². The van der Waals surface area contributed by atoms with Crippen molar-refractivity contribution in [3.05, 3.63) is 98.5 Å².